The summed E-state index contributed by atoms with van der Waals surface area (Å²) < 4.78 is 0.938. The fraction of sp³-hybridized carbons (Fsp3) is 0.188. The molecule has 3 heterocycles. The Balaban J connectivity index is 1.54. The molecule has 1 amide bonds. The van der Waals surface area contributed by atoms with Crippen LogP contribution in [0.4, 0.5) is 0 Å². The molecule has 112 valence electrons. The van der Waals surface area contributed by atoms with E-state index >= 15 is 0 Å². The molecule has 4 nitrogen and oxygen atoms in total. The molecule has 0 bridgehead atoms. The second-order valence-electron chi connectivity index (χ2n) is 5.29. The molecule has 1 aliphatic rings. The summed E-state index contributed by atoms with van der Waals surface area (Å²) in [7, 11) is 0. The van der Waals surface area contributed by atoms with Crippen LogP contribution in [0.15, 0.2) is 34.9 Å². The Morgan fingerprint density at radius 2 is 2.23 bits per heavy atom. The molecule has 2 aromatic heterocycles. The van der Waals surface area contributed by atoms with Crippen LogP contribution in [0.3, 0.4) is 0 Å². The zero-order chi connectivity index (χ0) is 15.1. The maximum absolute atomic E-state index is 12.5. The number of para-hydroxylation sites is 1. The molecule has 0 unspecified atom stereocenters. The van der Waals surface area contributed by atoms with Crippen LogP contribution in [-0.2, 0) is 19.6 Å². The summed E-state index contributed by atoms with van der Waals surface area (Å²) >= 11 is 5.13. The molecule has 3 aromatic rings. The van der Waals surface area contributed by atoms with Crippen LogP contribution >= 0.6 is 27.3 Å². The minimum Gasteiger partial charge on any atom is -0.361 e. The van der Waals surface area contributed by atoms with Crippen molar-refractivity contribution in [1.82, 2.24) is 15.6 Å². The van der Waals surface area contributed by atoms with Crippen LogP contribution < -0.4 is 10.6 Å². The molecule has 0 saturated carbocycles. The Kier molecular flexibility index (Phi) is 3.52. The molecule has 6 heteroatoms. The van der Waals surface area contributed by atoms with Crippen molar-refractivity contribution < 1.29 is 4.79 Å². The number of aromatic nitrogens is 1. The van der Waals surface area contributed by atoms with Crippen LogP contribution in [-0.4, -0.2) is 10.9 Å². The summed E-state index contributed by atoms with van der Waals surface area (Å²) in [5.41, 5.74) is 3.40. The zero-order valence-corrected chi connectivity index (χ0v) is 14.1. The van der Waals surface area contributed by atoms with Crippen molar-refractivity contribution in [2.24, 2.45) is 0 Å². The van der Waals surface area contributed by atoms with Crippen LogP contribution in [0.1, 0.15) is 25.7 Å². The lowest BCUT2D eigenvalue weighted by Crippen LogP contribution is -2.22. The molecule has 0 aliphatic carbocycles. The number of thiophene rings is 1. The SMILES string of the molecule is O=C(NCc1cccc2cc[nH]c12)c1sc2c(c1Br)CNC2. The minimum absolute atomic E-state index is 0.0187. The number of amides is 1. The van der Waals surface area contributed by atoms with Gasteiger partial charge in [0.05, 0.1) is 5.52 Å². The topological polar surface area (TPSA) is 56.9 Å². The molecule has 3 N–H and O–H groups in total. The minimum atomic E-state index is -0.0187. The van der Waals surface area contributed by atoms with Crippen LogP contribution in [0.25, 0.3) is 10.9 Å². The standard InChI is InChI=1S/C16H14BrN3OS/c17-13-11-7-18-8-12(11)22-15(13)16(21)20-6-10-3-1-2-9-4-5-19-14(9)10/h1-5,18-19H,6-8H2,(H,20,21). The average molecular weight is 376 g/mol. The van der Waals surface area contributed by atoms with Gasteiger partial charge in [-0.25, -0.2) is 0 Å². The maximum Gasteiger partial charge on any atom is 0.262 e. The van der Waals surface area contributed by atoms with Gasteiger partial charge in [0, 0.05) is 35.2 Å². The zero-order valence-electron chi connectivity index (χ0n) is 11.7. The number of nitrogens with one attached hydrogen (secondary N) is 3. The van der Waals surface area contributed by atoms with Crippen LogP contribution in [0, 0.1) is 0 Å². The quantitative estimate of drug-likeness (QED) is 0.655. The van der Waals surface area contributed by atoms with Gasteiger partial charge in [-0.1, -0.05) is 18.2 Å². The van der Waals surface area contributed by atoms with E-state index in [0.717, 1.165) is 38.9 Å². The third-order valence-corrected chi connectivity index (χ3v) is 6.30. The second kappa shape index (κ2) is 5.53. The summed E-state index contributed by atoms with van der Waals surface area (Å²) in [4.78, 5) is 17.7. The molecule has 0 atom stereocenters. The number of carbonyl (C=O) groups is 1. The third kappa shape index (κ3) is 2.27. The van der Waals surface area contributed by atoms with Crippen molar-refractivity contribution >= 4 is 44.1 Å². The van der Waals surface area contributed by atoms with Crippen molar-refractivity contribution in [3.8, 4) is 0 Å². The number of hydrogen-bond donors (Lipinski definition) is 3. The number of rotatable bonds is 3. The van der Waals surface area contributed by atoms with Gasteiger partial charge in [-0.15, -0.1) is 11.3 Å². The van der Waals surface area contributed by atoms with E-state index < -0.39 is 0 Å². The molecule has 1 aromatic carbocycles. The number of carbonyl (C=O) groups excluding carboxylic acids is 1. The lowest BCUT2D eigenvalue weighted by atomic mass is 10.1. The Hall–Kier alpha value is -1.63. The lowest BCUT2D eigenvalue weighted by Gasteiger charge is -2.06. The maximum atomic E-state index is 12.5. The summed E-state index contributed by atoms with van der Waals surface area (Å²) in [5, 5.41) is 7.48. The van der Waals surface area contributed by atoms with E-state index in [1.807, 2.05) is 24.4 Å². The van der Waals surface area contributed by atoms with Gasteiger partial charge in [0.1, 0.15) is 4.88 Å². The normalized spacial score (nSPS) is 13.5. The average Bonchev–Trinajstić information content (AvgIpc) is 3.22. The van der Waals surface area contributed by atoms with E-state index in [9.17, 15) is 4.79 Å². The molecule has 22 heavy (non-hydrogen) atoms. The summed E-state index contributed by atoms with van der Waals surface area (Å²) in [6.45, 7) is 2.21. The Morgan fingerprint density at radius 3 is 3.09 bits per heavy atom. The summed E-state index contributed by atoms with van der Waals surface area (Å²) in [6.07, 6.45) is 1.92. The first-order chi connectivity index (χ1) is 10.7. The number of H-pyrrole nitrogens is 1. The van der Waals surface area contributed by atoms with Gasteiger partial charge < -0.3 is 15.6 Å². The molecule has 0 spiro atoms. The van der Waals surface area contributed by atoms with Gasteiger partial charge in [0.2, 0.25) is 0 Å². The predicted molar refractivity (Wildman–Crippen MR) is 92.0 cm³/mol. The molecule has 0 radical (unpaired) electrons. The Morgan fingerprint density at radius 1 is 1.32 bits per heavy atom. The van der Waals surface area contributed by atoms with Crippen LogP contribution in [0.5, 0.6) is 0 Å². The van der Waals surface area contributed by atoms with E-state index in [4.69, 9.17) is 0 Å². The monoisotopic (exact) mass is 375 g/mol. The van der Waals surface area contributed by atoms with Gasteiger partial charge in [0.25, 0.3) is 5.91 Å². The highest BCUT2D eigenvalue weighted by Gasteiger charge is 2.23. The van der Waals surface area contributed by atoms with Crippen molar-refractivity contribution in [1.29, 1.82) is 0 Å². The fourth-order valence-electron chi connectivity index (χ4n) is 2.81. The molecular formula is C16H14BrN3OS. The number of hydrogen-bond acceptors (Lipinski definition) is 3. The van der Waals surface area contributed by atoms with Crippen molar-refractivity contribution in [2.45, 2.75) is 19.6 Å². The van der Waals surface area contributed by atoms with Crippen molar-refractivity contribution in [3.63, 3.8) is 0 Å². The van der Waals surface area contributed by atoms with E-state index in [2.05, 4.69) is 37.6 Å². The third-order valence-electron chi connectivity index (χ3n) is 3.93. The second-order valence-corrected chi connectivity index (χ2v) is 7.19. The number of halogens is 1. The number of aromatic amines is 1. The molecule has 0 saturated heterocycles. The summed E-state index contributed by atoms with van der Waals surface area (Å²) in [6, 6.07) is 8.14. The summed E-state index contributed by atoms with van der Waals surface area (Å²) in [5.74, 6) is -0.0187. The smallest absolute Gasteiger partial charge is 0.262 e. The molecular weight excluding hydrogens is 362 g/mol. The molecule has 4 rings (SSSR count). The molecule has 0 fully saturated rings. The largest absolute Gasteiger partial charge is 0.361 e. The van der Waals surface area contributed by atoms with Crippen molar-refractivity contribution in [2.75, 3.05) is 0 Å². The first-order valence-corrected chi connectivity index (χ1v) is 8.69. The van der Waals surface area contributed by atoms with Gasteiger partial charge in [-0.3, -0.25) is 4.79 Å². The van der Waals surface area contributed by atoms with E-state index in [-0.39, 0.29) is 5.91 Å². The highest BCUT2D eigenvalue weighted by molar-refractivity contribution is 9.10. The molecule has 1 aliphatic heterocycles. The van der Waals surface area contributed by atoms with Gasteiger partial charge in [-0.05, 0) is 38.5 Å². The highest BCUT2D eigenvalue weighted by Crippen LogP contribution is 2.36. The highest BCUT2D eigenvalue weighted by atomic mass is 79.9. The fourth-order valence-corrected chi connectivity index (χ4v) is 4.84. The predicted octanol–water partition coefficient (Wildman–Crippen LogP) is 3.53. The Bertz CT molecular complexity index is 868. The van der Waals surface area contributed by atoms with E-state index in [1.54, 1.807) is 11.3 Å². The Labute approximate surface area is 140 Å². The van der Waals surface area contributed by atoms with Crippen molar-refractivity contribution in [3.05, 3.63) is 55.8 Å². The van der Waals surface area contributed by atoms with Gasteiger partial charge >= 0.3 is 0 Å². The number of benzene rings is 1. The van der Waals surface area contributed by atoms with E-state index in [1.165, 1.54) is 10.4 Å². The van der Waals surface area contributed by atoms with Gasteiger partial charge in [0.15, 0.2) is 0 Å². The van der Waals surface area contributed by atoms with Crippen LogP contribution in [0.2, 0.25) is 0 Å². The first kappa shape index (κ1) is 14.0. The number of fused-ring (bicyclic) bond motifs is 2. The van der Waals surface area contributed by atoms with Gasteiger partial charge in [-0.2, -0.15) is 0 Å². The van der Waals surface area contributed by atoms with E-state index in [0.29, 0.717) is 6.54 Å². The lowest BCUT2D eigenvalue weighted by molar-refractivity contribution is 0.0954. The first-order valence-electron chi connectivity index (χ1n) is 7.08.